The topological polar surface area (TPSA) is 52.5 Å². The van der Waals surface area contributed by atoms with Crippen LogP contribution in [0.4, 0.5) is 14.5 Å². The Balaban J connectivity index is 1.28. The first kappa shape index (κ1) is 23.3. The van der Waals surface area contributed by atoms with Crippen molar-refractivity contribution in [3.05, 3.63) is 53.7 Å². The lowest BCUT2D eigenvalue weighted by Crippen LogP contribution is -2.28. The molecule has 36 heavy (non-hydrogen) atoms. The standard InChI is InChI=1S/C29H32F2N2O3/c1-27(2,3)25-16-18-15-20(10-11-22(18)33(25)21-7-5-4-6-8-21)32-26(34)28(13-14-28)19-9-12-23-24(17-19)36-29(30,31)35-23/h9-12,15-17,21H,4-8,13-14H2,1-3H3,(H,32,34). The molecule has 2 heterocycles. The Labute approximate surface area is 209 Å². The number of hydrogen-bond acceptors (Lipinski definition) is 3. The average molecular weight is 495 g/mol. The predicted molar refractivity (Wildman–Crippen MR) is 135 cm³/mol. The summed E-state index contributed by atoms with van der Waals surface area (Å²) < 4.78 is 38.5. The highest BCUT2D eigenvalue weighted by molar-refractivity contribution is 6.02. The van der Waals surface area contributed by atoms with Crippen molar-refractivity contribution >= 4 is 22.5 Å². The zero-order chi connectivity index (χ0) is 25.3. The van der Waals surface area contributed by atoms with Crippen molar-refractivity contribution in [2.24, 2.45) is 0 Å². The lowest BCUT2D eigenvalue weighted by atomic mass is 9.89. The molecule has 1 N–H and O–H groups in total. The second-order valence-corrected chi connectivity index (χ2v) is 11.6. The molecule has 2 fully saturated rings. The molecule has 0 radical (unpaired) electrons. The number of nitrogens with zero attached hydrogens (tertiary/aromatic N) is 1. The number of aromatic nitrogens is 1. The van der Waals surface area contributed by atoms with Gasteiger partial charge >= 0.3 is 6.29 Å². The molecule has 190 valence electrons. The molecule has 6 rings (SSSR count). The van der Waals surface area contributed by atoms with E-state index in [1.807, 2.05) is 6.07 Å². The summed E-state index contributed by atoms with van der Waals surface area (Å²) in [5.74, 6) is -0.172. The van der Waals surface area contributed by atoms with Crippen LogP contribution in [-0.2, 0) is 15.6 Å². The van der Waals surface area contributed by atoms with Crippen molar-refractivity contribution in [3.8, 4) is 11.5 Å². The number of benzene rings is 2. The Bertz CT molecular complexity index is 1340. The molecule has 0 spiro atoms. The maximum absolute atomic E-state index is 13.5. The third-order valence-corrected chi connectivity index (χ3v) is 7.94. The highest BCUT2D eigenvalue weighted by atomic mass is 19.3. The largest absolute Gasteiger partial charge is 0.586 e. The van der Waals surface area contributed by atoms with Crippen molar-refractivity contribution in [1.82, 2.24) is 4.57 Å². The van der Waals surface area contributed by atoms with Crippen molar-refractivity contribution < 1.29 is 23.0 Å². The van der Waals surface area contributed by atoms with E-state index in [2.05, 4.69) is 58.3 Å². The summed E-state index contributed by atoms with van der Waals surface area (Å²) in [4.78, 5) is 13.4. The number of halogens is 2. The number of rotatable bonds is 4. The van der Waals surface area contributed by atoms with Crippen LogP contribution >= 0.6 is 0 Å². The smallest absolute Gasteiger partial charge is 0.395 e. The molecule has 2 aromatic carbocycles. The zero-order valence-electron chi connectivity index (χ0n) is 21.0. The summed E-state index contributed by atoms with van der Waals surface area (Å²) >= 11 is 0. The summed E-state index contributed by atoms with van der Waals surface area (Å²) in [7, 11) is 0. The van der Waals surface area contributed by atoms with Gasteiger partial charge in [-0.25, -0.2) is 0 Å². The Kier molecular flexibility index (Phi) is 5.15. The van der Waals surface area contributed by atoms with E-state index in [0.29, 0.717) is 24.4 Å². The molecule has 2 aliphatic carbocycles. The first-order valence-electron chi connectivity index (χ1n) is 12.9. The van der Waals surface area contributed by atoms with Crippen LogP contribution < -0.4 is 14.8 Å². The van der Waals surface area contributed by atoms with Crippen LogP contribution in [0.5, 0.6) is 11.5 Å². The van der Waals surface area contributed by atoms with Gasteiger partial charge in [0, 0.05) is 33.7 Å². The molecule has 0 saturated heterocycles. The van der Waals surface area contributed by atoms with Crippen LogP contribution in [0.15, 0.2) is 42.5 Å². The molecule has 2 saturated carbocycles. The van der Waals surface area contributed by atoms with Gasteiger partial charge < -0.3 is 19.4 Å². The lowest BCUT2D eigenvalue weighted by Gasteiger charge is -2.30. The summed E-state index contributed by atoms with van der Waals surface area (Å²) in [5, 5.41) is 4.22. The van der Waals surface area contributed by atoms with Crippen LogP contribution in [0.25, 0.3) is 10.9 Å². The van der Waals surface area contributed by atoms with Gasteiger partial charge in [0.15, 0.2) is 11.5 Å². The van der Waals surface area contributed by atoms with E-state index in [9.17, 15) is 13.6 Å². The van der Waals surface area contributed by atoms with Crippen LogP contribution in [-0.4, -0.2) is 16.8 Å². The number of alkyl halides is 2. The van der Waals surface area contributed by atoms with Gasteiger partial charge in [0.2, 0.25) is 5.91 Å². The summed E-state index contributed by atoms with van der Waals surface area (Å²) in [5.41, 5.74) is 3.21. The van der Waals surface area contributed by atoms with Crippen molar-refractivity contribution in [2.45, 2.75) is 88.9 Å². The maximum atomic E-state index is 13.5. The molecule has 0 atom stereocenters. The van der Waals surface area contributed by atoms with Gasteiger partial charge in [-0.3, -0.25) is 4.79 Å². The molecule has 1 amide bonds. The fraction of sp³-hybridized carbons (Fsp3) is 0.483. The minimum absolute atomic E-state index is 0.00804. The number of fused-ring (bicyclic) bond motifs is 2. The fourth-order valence-electron chi connectivity index (χ4n) is 5.89. The average Bonchev–Trinajstić information content (AvgIpc) is 3.45. The minimum atomic E-state index is -3.67. The van der Waals surface area contributed by atoms with Gasteiger partial charge in [-0.05, 0) is 67.6 Å². The molecule has 1 aromatic heterocycles. The Morgan fingerprint density at radius 3 is 2.39 bits per heavy atom. The molecule has 0 unspecified atom stereocenters. The summed E-state index contributed by atoms with van der Waals surface area (Å²) in [6, 6.07) is 13.6. The zero-order valence-corrected chi connectivity index (χ0v) is 21.0. The van der Waals surface area contributed by atoms with Crippen LogP contribution in [0.2, 0.25) is 0 Å². The van der Waals surface area contributed by atoms with E-state index in [4.69, 9.17) is 0 Å². The molecule has 5 nitrogen and oxygen atoms in total. The van der Waals surface area contributed by atoms with Gasteiger partial charge in [0.05, 0.1) is 5.41 Å². The monoisotopic (exact) mass is 494 g/mol. The van der Waals surface area contributed by atoms with Gasteiger partial charge in [-0.1, -0.05) is 46.1 Å². The normalized spacial score (nSPS) is 20.5. The quantitative estimate of drug-likeness (QED) is 0.410. The number of carbonyl (C=O) groups excluding carboxylic acids is 1. The number of ether oxygens (including phenoxy) is 2. The van der Waals surface area contributed by atoms with Crippen molar-refractivity contribution in [3.63, 3.8) is 0 Å². The maximum Gasteiger partial charge on any atom is 0.586 e. The number of anilines is 1. The lowest BCUT2D eigenvalue weighted by molar-refractivity contribution is -0.286. The minimum Gasteiger partial charge on any atom is -0.395 e. The molecular formula is C29H32F2N2O3. The highest BCUT2D eigenvalue weighted by Gasteiger charge is 2.52. The number of carbonyl (C=O) groups is 1. The van der Waals surface area contributed by atoms with E-state index >= 15 is 0 Å². The number of amides is 1. The molecule has 1 aliphatic heterocycles. The van der Waals surface area contributed by atoms with E-state index < -0.39 is 11.7 Å². The van der Waals surface area contributed by atoms with Gasteiger partial charge in [-0.15, -0.1) is 8.78 Å². The Morgan fingerprint density at radius 2 is 1.69 bits per heavy atom. The molecular weight excluding hydrogens is 462 g/mol. The molecule has 0 bridgehead atoms. The van der Waals surface area contributed by atoms with E-state index in [1.54, 1.807) is 6.07 Å². The Morgan fingerprint density at radius 1 is 0.972 bits per heavy atom. The van der Waals surface area contributed by atoms with Crippen LogP contribution in [0.3, 0.4) is 0 Å². The number of nitrogens with one attached hydrogen (secondary N) is 1. The summed E-state index contributed by atoms with van der Waals surface area (Å²) in [6.07, 6.45) is 3.89. The van der Waals surface area contributed by atoms with Gasteiger partial charge in [-0.2, -0.15) is 0 Å². The number of hydrogen-bond donors (Lipinski definition) is 1. The van der Waals surface area contributed by atoms with Crippen LogP contribution in [0.1, 0.15) is 83.0 Å². The fourth-order valence-corrected chi connectivity index (χ4v) is 5.89. The Hall–Kier alpha value is -3.09. The molecule has 7 heteroatoms. The molecule has 3 aliphatic rings. The third kappa shape index (κ3) is 3.93. The van der Waals surface area contributed by atoms with Gasteiger partial charge in [0.25, 0.3) is 0 Å². The third-order valence-electron chi connectivity index (χ3n) is 7.94. The summed E-state index contributed by atoms with van der Waals surface area (Å²) in [6.45, 7) is 6.75. The van der Waals surface area contributed by atoms with Gasteiger partial charge in [0.1, 0.15) is 0 Å². The first-order valence-corrected chi connectivity index (χ1v) is 12.9. The molecule has 3 aromatic rings. The first-order chi connectivity index (χ1) is 17.1. The van der Waals surface area contributed by atoms with E-state index in [-0.39, 0.29) is 22.8 Å². The van der Waals surface area contributed by atoms with Crippen LogP contribution in [0, 0.1) is 0 Å². The van der Waals surface area contributed by atoms with Crippen molar-refractivity contribution in [2.75, 3.05) is 5.32 Å². The highest BCUT2D eigenvalue weighted by Crippen LogP contribution is 2.52. The SMILES string of the molecule is CC(C)(C)c1cc2cc(NC(=O)C3(c4ccc5c(c4)OC(F)(F)O5)CC3)ccc2n1C1CCCCC1. The van der Waals surface area contributed by atoms with Crippen molar-refractivity contribution in [1.29, 1.82) is 0 Å². The second kappa shape index (κ2) is 7.95. The van der Waals surface area contributed by atoms with E-state index in [1.165, 1.54) is 55.4 Å². The predicted octanol–water partition coefficient (Wildman–Crippen LogP) is 7.44. The van der Waals surface area contributed by atoms with E-state index in [0.717, 1.165) is 11.1 Å². The second-order valence-electron chi connectivity index (χ2n) is 11.6.